The molecule has 4 rings (SSSR count). The zero-order chi connectivity index (χ0) is 26.3. The van der Waals surface area contributed by atoms with E-state index in [0.29, 0.717) is 15.6 Å². The highest BCUT2D eigenvalue weighted by Crippen LogP contribution is 2.54. The van der Waals surface area contributed by atoms with Crippen molar-refractivity contribution in [2.45, 2.75) is 51.9 Å². The molecule has 1 N–H and O–H groups in total. The van der Waals surface area contributed by atoms with Gasteiger partial charge in [-0.2, -0.15) is 0 Å². The first-order valence-corrected chi connectivity index (χ1v) is 12.6. The molecule has 1 saturated heterocycles. The Bertz CT molecular complexity index is 1240. The first-order valence-electron chi connectivity index (χ1n) is 11.9. The summed E-state index contributed by atoms with van der Waals surface area (Å²) in [6.07, 6.45) is -1.16. The molecule has 1 unspecified atom stereocenters. The van der Waals surface area contributed by atoms with Crippen molar-refractivity contribution in [2.24, 2.45) is 5.41 Å². The summed E-state index contributed by atoms with van der Waals surface area (Å²) >= 11 is 13.6. The normalized spacial score (nSPS) is 21.6. The maximum absolute atomic E-state index is 14.2. The lowest BCUT2D eigenvalue weighted by Crippen LogP contribution is -2.57. The molecule has 1 aliphatic heterocycles. The molecule has 3 aromatic carbocycles. The predicted octanol–water partition coefficient (Wildman–Crippen LogP) is 7.39. The Morgan fingerprint density at radius 1 is 0.944 bits per heavy atom. The molecule has 0 bridgehead atoms. The molecule has 3 aromatic rings. The Morgan fingerprint density at radius 2 is 1.47 bits per heavy atom. The highest BCUT2D eigenvalue weighted by Gasteiger charge is 2.65. The monoisotopic (exact) mass is 524 g/mol. The van der Waals surface area contributed by atoms with E-state index in [0.717, 1.165) is 16.0 Å². The number of halogens is 2. The number of benzene rings is 3. The van der Waals surface area contributed by atoms with Crippen molar-refractivity contribution < 1.29 is 14.7 Å². The van der Waals surface area contributed by atoms with E-state index in [2.05, 4.69) is 0 Å². The van der Waals surface area contributed by atoms with Crippen LogP contribution in [0.15, 0.2) is 78.9 Å². The van der Waals surface area contributed by atoms with Gasteiger partial charge in [0, 0.05) is 28.1 Å². The van der Waals surface area contributed by atoms with E-state index >= 15 is 0 Å². The molecule has 1 heterocycles. The molecule has 36 heavy (non-hydrogen) atoms. The first kappa shape index (κ1) is 26.2. The summed E-state index contributed by atoms with van der Waals surface area (Å²) in [6.45, 7) is 7.85. The van der Waals surface area contributed by atoms with Gasteiger partial charge in [-0.25, -0.2) is 9.69 Å². The van der Waals surface area contributed by atoms with E-state index < -0.39 is 29.1 Å². The molecule has 188 valence electrons. The SMILES string of the molecule is CC(c1ccccc1)N1[C@@H](C(C)(C)C)C(=O)N(C(=O)O)[C@]1(Cc1ccccc1)c1c(Cl)cccc1Cl. The Morgan fingerprint density at radius 3 is 1.97 bits per heavy atom. The van der Waals surface area contributed by atoms with Crippen LogP contribution in [0.4, 0.5) is 4.79 Å². The molecule has 0 radical (unpaired) electrons. The number of rotatable bonds is 5. The van der Waals surface area contributed by atoms with Crippen molar-refractivity contribution >= 4 is 35.2 Å². The predicted molar refractivity (Wildman–Crippen MR) is 143 cm³/mol. The zero-order valence-corrected chi connectivity index (χ0v) is 22.3. The van der Waals surface area contributed by atoms with Crippen molar-refractivity contribution in [1.82, 2.24) is 9.80 Å². The molecule has 1 fully saturated rings. The van der Waals surface area contributed by atoms with Gasteiger partial charge in [-0.3, -0.25) is 9.69 Å². The molecule has 0 spiro atoms. The van der Waals surface area contributed by atoms with Gasteiger partial charge in [-0.15, -0.1) is 0 Å². The minimum absolute atomic E-state index is 0.180. The van der Waals surface area contributed by atoms with Gasteiger partial charge in [0.15, 0.2) is 0 Å². The second-order valence-electron chi connectivity index (χ2n) is 10.3. The highest BCUT2D eigenvalue weighted by atomic mass is 35.5. The largest absolute Gasteiger partial charge is 0.465 e. The third-order valence-corrected chi connectivity index (χ3v) is 7.53. The van der Waals surface area contributed by atoms with Crippen molar-refractivity contribution in [3.8, 4) is 0 Å². The maximum atomic E-state index is 14.2. The lowest BCUT2D eigenvalue weighted by Gasteiger charge is -2.48. The summed E-state index contributed by atoms with van der Waals surface area (Å²) in [5.74, 6) is -0.496. The minimum atomic E-state index is -1.49. The number of hydrogen-bond donors (Lipinski definition) is 1. The van der Waals surface area contributed by atoms with Gasteiger partial charge in [0.05, 0.1) is 6.04 Å². The van der Waals surface area contributed by atoms with E-state index in [1.807, 2.05) is 93.3 Å². The van der Waals surface area contributed by atoms with Crippen LogP contribution in [0.1, 0.15) is 50.4 Å². The average molecular weight is 525 g/mol. The van der Waals surface area contributed by atoms with E-state index in [1.54, 1.807) is 18.2 Å². The average Bonchev–Trinajstić information content (AvgIpc) is 3.08. The Kier molecular flexibility index (Phi) is 7.20. The van der Waals surface area contributed by atoms with Crippen LogP contribution in [0.25, 0.3) is 0 Å². The van der Waals surface area contributed by atoms with Gasteiger partial charge in [-0.05, 0) is 35.6 Å². The van der Waals surface area contributed by atoms with Crippen LogP contribution in [-0.2, 0) is 16.9 Å². The standard InChI is InChI=1S/C29H30Cl2N2O3/c1-19(21-14-9-6-10-15-21)32-25(28(2,3)4)26(34)33(27(35)36)29(32,18-20-12-7-5-8-13-20)24-22(30)16-11-17-23(24)31/h5-17,19,25H,18H2,1-4H3,(H,35,36)/t19?,25-,29-/m1/s1. The molecule has 7 heteroatoms. The van der Waals surface area contributed by atoms with Crippen LogP contribution >= 0.6 is 23.2 Å². The third-order valence-electron chi connectivity index (χ3n) is 6.90. The van der Waals surface area contributed by atoms with Crippen LogP contribution in [0.3, 0.4) is 0 Å². The van der Waals surface area contributed by atoms with E-state index in [1.165, 1.54) is 0 Å². The second kappa shape index (κ2) is 9.89. The molecular weight excluding hydrogens is 495 g/mol. The van der Waals surface area contributed by atoms with Gasteiger partial charge in [0.2, 0.25) is 0 Å². The summed E-state index contributed by atoms with van der Waals surface area (Å²) in [7, 11) is 0. The van der Waals surface area contributed by atoms with Crippen molar-refractivity contribution in [3.05, 3.63) is 106 Å². The van der Waals surface area contributed by atoms with E-state index in [4.69, 9.17) is 23.2 Å². The molecular formula is C29H30Cl2N2O3. The highest BCUT2D eigenvalue weighted by molar-refractivity contribution is 6.36. The molecule has 0 aliphatic carbocycles. The van der Waals surface area contributed by atoms with Gasteiger partial charge in [0.25, 0.3) is 5.91 Å². The number of carboxylic acid groups (broad SMARTS) is 1. The fourth-order valence-corrected chi connectivity index (χ4v) is 6.19. The minimum Gasteiger partial charge on any atom is -0.465 e. The van der Waals surface area contributed by atoms with Crippen LogP contribution in [0.2, 0.25) is 10.0 Å². The second-order valence-corrected chi connectivity index (χ2v) is 11.1. The van der Waals surface area contributed by atoms with Crippen molar-refractivity contribution in [2.75, 3.05) is 0 Å². The van der Waals surface area contributed by atoms with Crippen molar-refractivity contribution in [1.29, 1.82) is 0 Å². The molecule has 5 nitrogen and oxygen atoms in total. The van der Waals surface area contributed by atoms with Gasteiger partial charge < -0.3 is 5.11 Å². The first-order chi connectivity index (χ1) is 17.0. The number of hydrogen-bond acceptors (Lipinski definition) is 3. The fourth-order valence-electron chi connectivity index (χ4n) is 5.49. The smallest absolute Gasteiger partial charge is 0.415 e. The number of carbonyl (C=O) groups is 2. The molecule has 3 atom stereocenters. The number of amides is 2. The number of nitrogens with zero attached hydrogens (tertiary/aromatic N) is 2. The summed E-state index contributed by atoms with van der Waals surface area (Å²) in [5, 5.41) is 11.2. The third kappa shape index (κ3) is 4.40. The fraction of sp³-hybridized carbons (Fsp3) is 0.310. The quantitative estimate of drug-likeness (QED) is 0.378. The van der Waals surface area contributed by atoms with Crippen molar-refractivity contribution in [3.63, 3.8) is 0 Å². The lowest BCUT2D eigenvalue weighted by atomic mass is 9.82. The summed E-state index contributed by atoms with van der Waals surface area (Å²) in [4.78, 5) is 30.1. The van der Waals surface area contributed by atoms with Crippen LogP contribution in [-0.4, -0.2) is 32.9 Å². The van der Waals surface area contributed by atoms with E-state index in [-0.39, 0.29) is 12.5 Å². The topological polar surface area (TPSA) is 60.9 Å². The Labute approximate surface area is 222 Å². The molecule has 1 aliphatic rings. The number of carbonyl (C=O) groups excluding carboxylic acids is 1. The van der Waals surface area contributed by atoms with Crippen LogP contribution in [0, 0.1) is 5.41 Å². The van der Waals surface area contributed by atoms with Gasteiger partial charge in [0.1, 0.15) is 5.66 Å². The van der Waals surface area contributed by atoms with Gasteiger partial charge >= 0.3 is 6.09 Å². The van der Waals surface area contributed by atoms with Crippen LogP contribution in [0.5, 0.6) is 0 Å². The van der Waals surface area contributed by atoms with E-state index in [9.17, 15) is 14.7 Å². The number of imide groups is 1. The molecule has 0 aromatic heterocycles. The van der Waals surface area contributed by atoms with Crippen LogP contribution < -0.4 is 0 Å². The van der Waals surface area contributed by atoms with Gasteiger partial charge in [-0.1, -0.05) is 111 Å². The maximum Gasteiger partial charge on any atom is 0.415 e. The molecule has 0 saturated carbocycles. The lowest BCUT2D eigenvalue weighted by molar-refractivity contribution is -0.131. The summed E-state index contributed by atoms with van der Waals surface area (Å²) in [6, 6.07) is 23.3. The molecule has 2 amide bonds. The summed E-state index contributed by atoms with van der Waals surface area (Å²) in [5.41, 5.74) is 0.120. The Balaban J connectivity index is 2.13. The summed E-state index contributed by atoms with van der Waals surface area (Å²) < 4.78 is 0. The Hall–Kier alpha value is -2.86. The zero-order valence-electron chi connectivity index (χ0n) is 20.8.